The molecule has 0 saturated carbocycles. The summed E-state index contributed by atoms with van der Waals surface area (Å²) in [5.41, 5.74) is 0.653. The van der Waals surface area contributed by atoms with Crippen LogP contribution < -0.4 is 16.0 Å². The topological polar surface area (TPSA) is 91.3 Å². The first-order valence-electron chi connectivity index (χ1n) is 9.08. The average Bonchev–Trinajstić information content (AvgIpc) is 3.04. The number of hydrogen-bond donors (Lipinski definition) is 1. The van der Waals surface area contributed by atoms with E-state index in [0.717, 1.165) is 23.0 Å². The van der Waals surface area contributed by atoms with E-state index in [1.54, 1.807) is 23.7 Å². The Bertz CT molecular complexity index is 1080. The normalized spacial score (nSPS) is 11.3. The summed E-state index contributed by atoms with van der Waals surface area (Å²) >= 11 is 5.96. The van der Waals surface area contributed by atoms with Crippen molar-refractivity contribution < 1.29 is 9.84 Å². The van der Waals surface area contributed by atoms with E-state index in [4.69, 9.17) is 21.4 Å². The van der Waals surface area contributed by atoms with Crippen molar-refractivity contribution in [3.8, 4) is 6.01 Å². The monoisotopic (exact) mass is 406 g/mol. The van der Waals surface area contributed by atoms with E-state index < -0.39 is 11.2 Å². The molecule has 3 aromatic rings. The van der Waals surface area contributed by atoms with Gasteiger partial charge in [0.1, 0.15) is 0 Å². The van der Waals surface area contributed by atoms with E-state index in [0.29, 0.717) is 30.1 Å². The molecule has 28 heavy (non-hydrogen) atoms. The molecule has 2 heterocycles. The number of ether oxygens (including phenoxy) is 1. The number of halogens is 1. The van der Waals surface area contributed by atoms with Gasteiger partial charge in [0.2, 0.25) is 0 Å². The number of aryl methyl sites for hydroxylation is 1. The Morgan fingerprint density at radius 2 is 1.79 bits per heavy atom. The zero-order valence-corrected chi connectivity index (χ0v) is 16.6. The van der Waals surface area contributed by atoms with Crippen LogP contribution in [0, 0.1) is 0 Å². The molecule has 3 rings (SSSR count). The maximum Gasteiger partial charge on any atom is 0.332 e. The lowest BCUT2D eigenvalue weighted by molar-refractivity contribution is 0.253. The Kier molecular flexibility index (Phi) is 6.21. The molecule has 0 aliphatic carbocycles. The van der Waals surface area contributed by atoms with Gasteiger partial charge in [0.05, 0.1) is 13.2 Å². The van der Waals surface area contributed by atoms with Crippen LogP contribution in [0.2, 0.25) is 5.02 Å². The molecular weight excluding hydrogens is 384 g/mol. The lowest BCUT2D eigenvalue weighted by atomic mass is 10.2. The average molecular weight is 407 g/mol. The second-order valence-electron chi connectivity index (χ2n) is 6.62. The second-order valence-corrected chi connectivity index (χ2v) is 7.05. The highest BCUT2D eigenvalue weighted by atomic mass is 35.5. The van der Waals surface area contributed by atoms with Crippen LogP contribution in [-0.2, 0) is 20.6 Å². The molecule has 9 heteroatoms. The van der Waals surface area contributed by atoms with Crippen LogP contribution in [0.1, 0.15) is 24.8 Å². The van der Waals surface area contributed by atoms with E-state index in [1.807, 2.05) is 12.1 Å². The zero-order chi connectivity index (χ0) is 20.3. The third kappa shape index (κ3) is 3.98. The van der Waals surface area contributed by atoms with Gasteiger partial charge in [0.15, 0.2) is 11.2 Å². The number of aliphatic hydroxyl groups excluding tert-OH is 1. The van der Waals surface area contributed by atoms with Crippen molar-refractivity contribution >= 4 is 22.8 Å². The molecule has 150 valence electrons. The Morgan fingerprint density at radius 3 is 2.46 bits per heavy atom. The lowest BCUT2D eigenvalue weighted by Crippen LogP contribution is -2.37. The van der Waals surface area contributed by atoms with Gasteiger partial charge in [-0.25, -0.2) is 4.79 Å². The first kappa shape index (κ1) is 20.2. The van der Waals surface area contributed by atoms with Crippen LogP contribution in [0.5, 0.6) is 6.01 Å². The molecular formula is C19H23ClN4O4. The van der Waals surface area contributed by atoms with Crippen molar-refractivity contribution in [2.24, 2.45) is 14.1 Å². The number of rotatable bonds is 8. The van der Waals surface area contributed by atoms with Crippen LogP contribution in [0.15, 0.2) is 33.9 Å². The maximum atomic E-state index is 12.8. The minimum absolute atomic E-state index is 0.146. The van der Waals surface area contributed by atoms with E-state index >= 15 is 0 Å². The fourth-order valence-electron chi connectivity index (χ4n) is 3.01. The highest BCUT2D eigenvalue weighted by Crippen LogP contribution is 2.21. The molecule has 0 bridgehead atoms. The van der Waals surface area contributed by atoms with Crippen LogP contribution in [0.25, 0.3) is 11.2 Å². The molecule has 0 aliphatic rings. The number of nitrogens with zero attached hydrogens (tertiary/aromatic N) is 4. The molecule has 0 amide bonds. The molecule has 0 aliphatic heterocycles. The Morgan fingerprint density at radius 1 is 1.07 bits per heavy atom. The predicted octanol–water partition coefficient (Wildman–Crippen LogP) is 1.68. The van der Waals surface area contributed by atoms with Gasteiger partial charge in [-0.2, -0.15) is 4.98 Å². The summed E-state index contributed by atoms with van der Waals surface area (Å²) in [7, 11) is 3.02. The van der Waals surface area contributed by atoms with Gasteiger partial charge in [-0.15, -0.1) is 0 Å². The summed E-state index contributed by atoms with van der Waals surface area (Å²) in [5.74, 6) is 0. The van der Waals surface area contributed by atoms with Gasteiger partial charge in [-0.3, -0.25) is 18.5 Å². The molecule has 0 fully saturated rings. The van der Waals surface area contributed by atoms with Crippen molar-refractivity contribution in [1.29, 1.82) is 0 Å². The Balaban J connectivity index is 2.05. The molecule has 1 aromatic carbocycles. The molecule has 2 aromatic heterocycles. The van der Waals surface area contributed by atoms with Crippen LogP contribution >= 0.6 is 11.6 Å². The summed E-state index contributed by atoms with van der Waals surface area (Å²) in [5, 5.41) is 9.51. The predicted molar refractivity (Wildman–Crippen MR) is 107 cm³/mol. The molecule has 8 nitrogen and oxygen atoms in total. The van der Waals surface area contributed by atoms with Gasteiger partial charge < -0.3 is 9.84 Å². The van der Waals surface area contributed by atoms with Gasteiger partial charge >= 0.3 is 5.69 Å². The van der Waals surface area contributed by atoms with Crippen LogP contribution in [0.4, 0.5) is 0 Å². The molecule has 0 unspecified atom stereocenters. The summed E-state index contributed by atoms with van der Waals surface area (Å²) in [6.07, 6.45) is 2.29. The smallest absolute Gasteiger partial charge is 0.332 e. The van der Waals surface area contributed by atoms with Crippen molar-refractivity contribution in [3.05, 3.63) is 55.7 Å². The standard InChI is InChI=1S/C19H23ClN4O4/c1-22-16-15(17(26)23(2)19(22)27)24(12-13-6-8-14(20)9-7-13)18(21-16)28-11-5-3-4-10-25/h6-9,25H,3-5,10-12H2,1-2H3. The first-order valence-corrected chi connectivity index (χ1v) is 9.46. The molecule has 0 saturated heterocycles. The lowest BCUT2D eigenvalue weighted by Gasteiger charge is -2.10. The Labute approximate surface area is 166 Å². The minimum Gasteiger partial charge on any atom is -0.465 e. The molecule has 0 atom stereocenters. The van der Waals surface area contributed by atoms with E-state index in [2.05, 4.69) is 4.98 Å². The summed E-state index contributed by atoms with van der Waals surface area (Å²) < 4.78 is 9.93. The van der Waals surface area contributed by atoms with Crippen LogP contribution in [0.3, 0.4) is 0 Å². The number of benzene rings is 1. The van der Waals surface area contributed by atoms with Crippen molar-refractivity contribution in [1.82, 2.24) is 18.7 Å². The number of aromatic nitrogens is 4. The quantitative estimate of drug-likeness (QED) is 0.575. The Hall–Kier alpha value is -2.58. The summed E-state index contributed by atoms with van der Waals surface area (Å²) in [6, 6.07) is 7.57. The third-order valence-corrected chi connectivity index (χ3v) is 4.85. The van der Waals surface area contributed by atoms with Crippen molar-refractivity contribution in [3.63, 3.8) is 0 Å². The molecule has 1 N–H and O–H groups in total. The van der Waals surface area contributed by atoms with E-state index in [9.17, 15) is 9.59 Å². The fraction of sp³-hybridized carbons (Fsp3) is 0.421. The highest BCUT2D eigenvalue weighted by Gasteiger charge is 2.20. The van der Waals surface area contributed by atoms with Gasteiger partial charge in [0, 0.05) is 25.7 Å². The van der Waals surface area contributed by atoms with Gasteiger partial charge in [-0.1, -0.05) is 23.7 Å². The SMILES string of the molecule is Cn1c(=O)c2c(nc(OCCCCCO)n2Cc2ccc(Cl)cc2)n(C)c1=O. The number of fused-ring (bicyclic) bond motifs is 1. The minimum atomic E-state index is -0.442. The van der Waals surface area contributed by atoms with Crippen molar-refractivity contribution in [2.75, 3.05) is 13.2 Å². The van der Waals surface area contributed by atoms with Gasteiger partial charge in [0.25, 0.3) is 11.6 Å². The number of imidazole rings is 1. The largest absolute Gasteiger partial charge is 0.465 e. The highest BCUT2D eigenvalue weighted by molar-refractivity contribution is 6.30. The van der Waals surface area contributed by atoms with E-state index in [1.165, 1.54) is 11.6 Å². The van der Waals surface area contributed by atoms with E-state index in [-0.39, 0.29) is 18.3 Å². The van der Waals surface area contributed by atoms with Crippen molar-refractivity contribution in [2.45, 2.75) is 25.8 Å². The zero-order valence-electron chi connectivity index (χ0n) is 15.9. The van der Waals surface area contributed by atoms with Crippen LogP contribution in [-0.4, -0.2) is 37.0 Å². The molecule has 0 radical (unpaired) electrons. The fourth-order valence-corrected chi connectivity index (χ4v) is 3.14. The summed E-state index contributed by atoms with van der Waals surface area (Å²) in [6.45, 7) is 0.901. The first-order chi connectivity index (χ1) is 13.4. The molecule has 0 spiro atoms. The summed E-state index contributed by atoms with van der Waals surface area (Å²) in [4.78, 5) is 29.5. The number of unbranched alkanes of at least 4 members (excludes halogenated alkanes) is 2. The second kappa shape index (κ2) is 8.62. The van der Waals surface area contributed by atoms with Gasteiger partial charge in [-0.05, 0) is 37.0 Å². The maximum absolute atomic E-state index is 12.8. The number of aliphatic hydroxyl groups is 1. The third-order valence-electron chi connectivity index (χ3n) is 4.60. The number of hydrogen-bond acceptors (Lipinski definition) is 5.